The SMILES string of the molecule is CC1(CN)CCN(Cc2ccccc2S(=O)(=O)N2CCOCC2)C1.Cl. The molecule has 1 unspecified atom stereocenters. The third-order valence-electron chi connectivity index (χ3n) is 5.08. The first kappa shape index (κ1) is 20.6. The molecule has 0 aliphatic carbocycles. The van der Waals surface area contributed by atoms with E-state index in [0.29, 0.717) is 44.3 Å². The van der Waals surface area contributed by atoms with Crippen molar-refractivity contribution >= 4 is 22.4 Å². The van der Waals surface area contributed by atoms with Gasteiger partial charge in [-0.1, -0.05) is 25.1 Å². The van der Waals surface area contributed by atoms with Crippen molar-refractivity contribution < 1.29 is 13.2 Å². The minimum Gasteiger partial charge on any atom is -0.379 e. The van der Waals surface area contributed by atoms with Crippen LogP contribution in [-0.4, -0.2) is 63.6 Å². The summed E-state index contributed by atoms with van der Waals surface area (Å²) in [5, 5.41) is 0. The summed E-state index contributed by atoms with van der Waals surface area (Å²) in [4.78, 5) is 2.73. The zero-order valence-electron chi connectivity index (χ0n) is 14.7. The van der Waals surface area contributed by atoms with Crippen molar-refractivity contribution in [3.8, 4) is 0 Å². The molecule has 0 saturated carbocycles. The van der Waals surface area contributed by atoms with E-state index >= 15 is 0 Å². The second-order valence-corrected chi connectivity index (χ2v) is 9.01. The summed E-state index contributed by atoms with van der Waals surface area (Å²) >= 11 is 0. The lowest BCUT2D eigenvalue weighted by molar-refractivity contribution is 0.0730. The third kappa shape index (κ3) is 4.53. The Labute approximate surface area is 156 Å². The summed E-state index contributed by atoms with van der Waals surface area (Å²) in [5.41, 5.74) is 6.88. The molecule has 0 radical (unpaired) electrons. The highest BCUT2D eigenvalue weighted by molar-refractivity contribution is 7.89. The van der Waals surface area contributed by atoms with Gasteiger partial charge in [-0.3, -0.25) is 4.90 Å². The summed E-state index contributed by atoms with van der Waals surface area (Å²) in [6, 6.07) is 7.35. The van der Waals surface area contributed by atoms with Crippen LogP contribution in [0.4, 0.5) is 0 Å². The van der Waals surface area contributed by atoms with E-state index in [0.717, 1.165) is 25.1 Å². The minimum absolute atomic E-state index is 0. The van der Waals surface area contributed by atoms with Gasteiger partial charge in [0.25, 0.3) is 0 Å². The fourth-order valence-corrected chi connectivity index (χ4v) is 5.10. The van der Waals surface area contributed by atoms with Crippen LogP contribution in [0.25, 0.3) is 0 Å². The fraction of sp³-hybridized carbons (Fsp3) is 0.647. The van der Waals surface area contributed by atoms with Gasteiger partial charge in [-0.2, -0.15) is 4.31 Å². The van der Waals surface area contributed by atoms with E-state index in [9.17, 15) is 8.42 Å². The van der Waals surface area contributed by atoms with Crippen LogP contribution < -0.4 is 5.73 Å². The molecule has 2 heterocycles. The minimum atomic E-state index is -3.47. The van der Waals surface area contributed by atoms with Crippen molar-refractivity contribution in [2.45, 2.75) is 24.8 Å². The molecule has 0 amide bonds. The maximum absolute atomic E-state index is 13.0. The Morgan fingerprint density at radius 2 is 1.88 bits per heavy atom. The molecule has 0 bridgehead atoms. The molecule has 25 heavy (non-hydrogen) atoms. The molecule has 2 N–H and O–H groups in total. The summed E-state index contributed by atoms with van der Waals surface area (Å²) in [6.07, 6.45) is 1.06. The third-order valence-corrected chi connectivity index (χ3v) is 7.08. The Bertz CT molecular complexity index is 679. The molecule has 2 saturated heterocycles. The molecular formula is C17H28ClN3O3S. The molecule has 0 aromatic heterocycles. The Balaban J connectivity index is 0.00000225. The van der Waals surface area contributed by atoms with E-state index in [1.165, 1.54) is 4.31 Å². The first-order valence-electron chi connectivity index (χ1n) is 8.53. The van der Waals surface area contributed by atoms with Crippen molar-refractivity contribution in [3.63, 3.8) is 0 Å². The number of rotatable bonds is 5. The Morgan fingerprint density at radius 3 is 2.52 bits per heavy atom. The van der Waals surface area contributed by atoms with Gasteiger partial charge in [0.2, 0.25) is 10.0 Å². The maximum atomic E-state index is 13.0. The molecule has 2 aliphatic heterocycles. The van der Waals surface area contributed by atoms with Crippen molar-refractivity contribution in [2.75, 3.05) is 45.9 Å². The van der Waals surface area contributed by atoms with Crippen molar-refractivity contribution in [1.82, 2.24) is 9.21 Å². The number of morpholine rings is 1. The molecule has 2 fully saturated rings. The highest BCUT2D eigenvalue weighted by Crippen LogP contribution is 2.31. The zero-order valence-corrected chi connectivity index (χ0v) is 16.3. The van der Waals surface area contributed by atoms with Crippen LogP contribution in [0.1, 0.15) is 18.9 Å². The number of nitrogens with two attached hydrogens (primary N) is 1. The molecule has 3 rings (SSSR count). The predicted octanol–water partition coefficient (Wildman–Crippen LogP) is 1.30. The first-order valence-corrected chi connectivity index (χ1v) is 9.97. The average Bonchev–Trinajstić information content (AvgIpc) is 2.98. The van der Waals surface area contributed by atoms with Gasteiger partial charge in [-0.25, -0.2) is 8.42 Å². The summed E-state index contributed by atoms with van der Waals surface area (Å²) in [7, 11) is -3.47. The van der Waals surface area contributed by atoms with Gasteiger partial charge in [0, 0.05) is 26.2 Å². The predicted molar refractivity (Wildman–Crippen MR) is 100 cm³/mol. The lowest BCUT2D eigenvalue weighted by atomic mass is 9.90. The quantitative estimate of drug-likeness (QED) is 0.821. The van der Waals surface area contributed by atoms with Gasteiger partial charge in [-0.05, 0) is 36.6 Å². The fourth-order valence-electron chi connectivity index (χ4n) is 3.48. The van der Waals surface area contributed by atoms with Crippen LogP contribution in [-0.2, 0) is 21.3 Å². The van der Waals surface area contributed by atoms with Crippen LogP contribution in [0.5, 0.6) is 0 Å². The standard InChI is InChI=1S/C17H27N3O3S.ClH/c1-17(13-18)6-7-19(14-17)12-15-4-2-3-5-16(15)24(21,22)20-8-10-23-11-9-20;/h2-5H,6-14,18H2,1H3;1H. The van der Waals surface area contributed by atoms with Gasteiger partial charge in [0.05, 0.1) is 18.1 Å². The molecule has 1 aromatic rings. The van der Waals surface area contributed by atoms with Crippen LogP contribution in [0, 0.1) is 5.41 Å². The Morgan fingerprint density at radius 1 is 1.20 bits per heavy atom. The Hall–Kier alpha value is -0.700. The molecule has 2 aliphatic rings. The number of hydrogen-bond acceptors (Lipinski definition) is 5. The number of hydrogen-bond donors (Lipinski definition) is 1. The van der Waals surface area contributed by atoms with Crippen LogP contribution in [0.2, 0.25) is 0 Å². The molecule has 6 nitrogen and oxygen atoms in total. The molecule has 8 heteroatoms. The van der Waals surface area contributed by atoms with Crippen molar-refractivity contribution in [3.05, 3.63) is 29.8 Å². The van der Waals surface area contributed by atoms with E-state index in [1.54, 1.807) is 12.1 Å². The summed E-state index contributed by atoms with van der Waals surface area (Å²) < 4.78 is 32.8. The van der Waals surface area contributed by atoms with E-state index in [-0.39, 0.29) is 17.8 Å². The topological polar surface area (TPSA) is 75.9 Å². The number of nitrogens with zero attached hydrogens (tertiary/aromatic N) is 2. The lowest BCUT2D eigenvalue weighted by Gasteiger charge is -2.28. The van der Waals surface area contributed by atoms with E-state index in [4.69, 9.17) is 10.5 Å². The van der Waals surface area contributed by atoms with Crippen LogP contribution in [0.15, 0.2) is 29.2 Å². The summed E-state index contributed by atoms with van der Waals surface area (Å²) in [5.74, 6) is 0. The second-order valence-electron chi connectivity index (χ2n) is 7.10. The Kier molecular flexibility index (Phi) is 6.87. The van der Waals surface area contributed by atoms with Crippen LogP contribution in [0.3, 0.4) is 0 Å². The highest BCUT2D eigenvalue weighted by atomic mass is 35.5. The van der Waals surface area contributed by atoms with Crippen molar-refractivity contribution in [2.24, 2.45) is 11.1 Å². The normalized spacial score (nSPS) is 25.7. The van der Waals surface area contributed by atoms with Gasteiger partial charge in [0.15, 0.2) is 0 Å². The number of halogens is 1. The van der Waals surface area contributed by atoms with Gasteiger partial charge in [-0.15, -0.1) is 12.4 Å². The molecular weight excluding hydrogens is 362 g/mol. The van der Waals surface area contributed by atoms with E-state index in [2.05, 4.69) is 11.8 Å². The molecule has 142 valence electrons. The van der Waals surface area contributed by atoms with E-state index in [1.807, 2.05) is 12.1 Å². The number of sulfonamides is 1. The van der Waals surface area contributed by atoms with Crippen molar-refractivity contribution in [1.29, 1.82) is 0 Å². The number of likely N-dealkylation sites (tertiary alicyclic amines) is 1. The lowest BCUT2D eigenvalue weighted by Crippen LogP contribution is -2.41. The van der Waals surface area contributed by atoms with Crippen LogP contribution >= 0.6 is 12.4 Å². The van der Waals surface area contributed by atoms with E-state index < -0.39 is 10.0 Å². The molecule has 0 spiro atoms. The number of benzene rings is 1. The van der Waals surface area contributed by atoms with Gasteiger partial charge in [0.1, 0.15) is 0 Å². The molecule has 1 aromatic carbocycles. The monoisotopic (exact) mass is 389 g/mol. The smallest absolute Gasteiger partial charge is 0.243 e. The molecule has 1 atom stereocenters. The van der Waals surface area contributed by atoms with Gasteiger partial charge >= 0.3 is 0 Å². The van der Waals surface area contributed by atoms with Gasteiger partial charge < -0.3 is 10.5 Å². The summed E-state index contributed by atoms with van der Waals surface area (Å²) in [6.45, 7) is 7.15. The second kappa shape index (κ2) is 8.33. The average molecular weight is 390 g/mol. The highest BCUT2D eigenvalue weighted by Gasteiger charge is 2.34. The largest absolute Gasteiger partial charge is 0.379 e. The number of ether oxygens (including phenoxy) is 1. The zero-order chi connectivity index (χ0) is 17.2. The maximum Gasteiger partial charge on any atom is 0.243 e. The first-order chi connectivity index (χ1) is 11.4.